The molecule has 6 nitrogen and oxygen atoms in total. The van der Waals surface area contributed by atoms with Gasteiger partial charge in [0.2, 0.25) is 5.91 Å². The van der Waals surface area contributed by atoms with E-state index in [-0.39, 0.29) is 11.2 Å². The number of benzene rings is 1. The van der Waals surface area contributed by atoms with Crippen molar-refractivity contribution in [1.82, 2.24) is 4.90 Å². The lowest BCUT2D eigenvalue weighted by Gasteiger charge is -2.32. The molecule has 0 N–H and O–H groups in total. The third-order valence-electron chi connectivity index (χ3n) is 4.43. The number of aliphatic imine (C=N–C) groups is 1. The van der Waals surface area contributed by atoms with Gasteiger partial charge in [-0.15, -0.1) is 0 Å². The summed E-state index contributed by atoms with van der Waals surface area (Å²) in [4.78, 5) is 31.5. The van der Waals surface area contributed by atoms with E-state index in [2.05, 4.69) is 4.99 Å². The minimum atomic E-state index is -0.540. The molecular weight excluding hydrogens is 352 g/mol. The molecular formula is C19H22N2O4S. The Hall–Kier alpha value is -2.28. The van der Waals surface area contributed by atoms with Crippen molar-refractivity contribution in [3.8, 4) is 5.75 Å². The Morgan fingerprint density at radius 2 is 1.96 bits per heavy atom. The number of ether oxygens (including phenoxy) is 2. The Morgan fingerprint density at radius 1 is 1.27 bits per heavy atom. The van der Waals surface area contributed by atoms with Crippen LogP contribution in [0.4, 0.5) is 0 Å². The lowest BCUT2D eigenvalue weighted by molar-refractivity contribution is -0.137. The number of thioether (sulfide) groups is 1. The smallest absolute Gasteiger partial charge is 0.338 e. The Balaban J connectivity index is 2.08. The molecule has 26 heavy (non-hydrogen) atoms. The van der Waals surface area contributed by atoms with E-state index in [0.717, 1.165) is 11.3 Å². The molecule has 2 heterocycles. The fourth-order valence-electron chi connectivity index (χ4n) is 3.19. The van der Waals surface area contributed by atoms with E-state index in [1.165, 1.54) is 18.9 Å². The summed E-state index contributed by atoms with van der Waals surface area (Å²) in [5, 5.41) is 0.467. The maximum absolute atomic E-state index is 12.9. The summed E-state index contributed by atoms with van der Waals surface area (Å²) in [6.07, 6.45) is 0.710. The van der Waals surface area contributed by atoms with E-state index in [0.29, 0.717) is 29.5 Å². The average Bonchev–Trinajstić information content (AvgIpc) is 2.96. The summed E-state index contributed by atoms with van der Waals surface area (Å²) in [7, 11) is 1.34. The first-order chi connectivity index (χ1) is 12.5. The van der Waals surface area contributed by atoms with Crippen molar-refractivity contribution in [3.63, 3.8) is 0 Å². The highest BCUT2D eigenvalue weighted by atomic mass is 32.2. The summed E-state index contributed by atoms with van der Waals surface area (Å²) in [6.45, 7) is 6.25. The van der Waals surface area contributed by atoms with Crippen LogP contribution in [0.15, 0.2) is 40.5 Å². The summed E-state index contributed by atoms with van der Waals surface area (Å²) < 4.78 is 10.5. The van der Waals surface area contributed by atoms with Crippen molar-refractivity contribution >= 4 is 28.8 Å². The molecule has 0 saturated carbocycles. The minimum Gasteiger partial charge on any atom is -0.494 e. The van der Waals surface area contributed by atoms with Crippen LogP contribution in [0.1, 0.15) is 38.8 Å². The molecule has 0 spiro atoms. The number of fused-ring (bicyclic) bond motifs is 1. The first kappa shape index (κ1) is 18.5. The zero-order valence-corrected chi connectivity index (χ0v) is 16.1. The second kappa shape index (κ2) is 7.53. The number of carbonyl (C=O) groups excluding carboxylic acids is 2. The van der Waals surface area contributed by atoms with Crippen LogP contribution in [0.5, 0.6) is 5.75 Å². The number of esters is 1. The predicted octanol–water partition coefficient (Wildman–Crippen LogP) is 3.30. The number of hydrogen-bond donors (Lipinski definition) is 0. The maximum Gasteiger partial charge on any atom is 0.338 e. The predicted molar refractivity (Wildman–Crippen MR) is 101 cm³/mol. The number of nitrogens with zero attached hydrogens (tertiary/aromatic N) is 2. The van der Waals surface area contributed by atoms with Crippen LogP contribution in [0, 0.1) is 0 Å². The molecule has 138 valence electrons. The molecule has 2 aliphatic heterocycles. The van der Waals surface area contributed by atoms with Crippen LogP contribution in [-0.4, -0.2) is 40.9 Å². The van der Waals surface area contributed by atoms with Gasteiger partial charge in [0.25, 0.3) is 0 Å². The molecule has 2 aliphatic rings. The number of amidine groups is 1. The van der Waals surface area contributed by atoms with E-state index in [1.54, 1.807) is 11.8 Å². The zero-order chi connectivity index (χ0) is 18.8. The molecule has 3 rings (SSSR count). The third kappa shape index (κ3) is 3.11. The molecule has 1 fully saturated rings. The van der Waals surface area contributed by atoms with Gasteiger partial charge in [-0.2, -0.15) is 0 Å². The fraction of sp³-hybridized carbons (Fsp3) is 0.421. The van der Waals surface area contributed by atoms with Crippen LogP contribution in [0.25, 0.3) is 0 Å². The maximum atomic E-state index is 12.9. The molecule has 1 aromatic carbocycles. The van der Waals surface area contributed by atoms with Crippen molar-refractivity contribution in [3.05, 3.63) is 41.1 Å². The van der Waals surface area contributed by atoms with Gasteiger partial charge in [0.1, 0.15) is 5.75 Å². The molecule has 0 radical (unpaired) electrons. The van der Waals surface area contributed by atoms with Crippen molar-refractivity contribution in [2.45, 2.75) is 38.5 Å². The van der Waals surface area contributed by atoms with Crippen molar-refractivity contribution < 1.29 is 19.1 Å². The average molecular weight is 374 g/mol. The van der Waals surface area contributed by atoms with Gasteiger partial charge in [0.15, 0.2) is 5.17 Å². The highest BCUT2D eigenvalue weighted by molar-refractivity contribution is 8.15. The van der Waals surface area contributed by atoms with Gasteiger partial charge in [0.05, 0.1) is 36.3 Å². The van der Waals surface area contributed by atoms with E-state index < -0.39 is 12.0 Å². The van der Waals surface area contributed by atoms with Crippen LogP contribution in [0.3, 0.4) is 0 Å². The molecule has 1 aromatic rings. The lowest BCUT2D eigenvalue weighted by atomic mass is 9.94. The number of hydrogen-bond acceptors (Lipinski definition) is 6. The monoisotopic (exact) mass is 374 g/mol. The van der Waals surface area contributed by atoms with Gasteiger partial charge in [-0.1, -0.05) is 30.8 Å². The van der Waals surface area contributed by atoms with E-state index in [4.69, 9.17) is 9.47 Å². The van der Waals surface area contributed by atoms with Gasteiger partial charge in [-0.05, 0) is 38.0 Å². The zero-order valence-electron chi connectivity index (χ0n) is 15.3. The van der Waals surface area contributed by atoms with Gasteiger partial charge in [-0.3, -0.25) is 9.69 Å². The topological polar surface area (TPSA) is 68.2 Å². The Labute approximate surface area is 157 Å². The molecule has 7 heteroatoms. The summed E-state index contributed by atoms with van der Waals surface area (Å²) in [5.41, 5.74) is 1.80. The highest BCUT2D eigenvalue weighted by Gasteiger charge is 2.47. The number of allylic oxidation sites excluding steroid dienone is 1. The molecule has 0 bridgehead atoms. The van der Waals surface area contributed by atoms with Gasteiger partial charge in [-0.25, -0.2) is 9.79 Å². The normalized spacial score (nSPS) is 22.2. The Bertz CT molecular complexity index is 785. The highest BCUT2D eigenvalue weighted by Crippen LogP contribution is 2.44. The number of methoxy groups -OCH3 is 1. The first-order valence-electron chi connectivity index (χ1n) is 8.62. The van der Waals surface area contributed by atoms with Crippen molar-refractivity contribution in [2.75, 3.05) is 13.7 Å². The van der Waals surface area contributed by atoms with Crippen LogP contribution in [-0.2, 0) is 14.3 Å². The molecule has 1 saturated heterocycles. The molecule has 2 atom stereocenters. The second-order valence-electron chi connectivity index (χ2n) is 6.01. The van der Waals surface area contributed by atoms with E-state index >= 15 is 0 Å². The van der Waals surface area contributed by atoms with Gasteiger partial charge >= 0.3 is 5.97 Å². The molecule has 2 unspecified atom stereocenters. The number of rotatable bonds is 5. The number of carbonyl (C=O) groups is 2. The van der Waals surface area contributed by atoms with Crippen LogP contribution in [0.2, 0.25) is 0 Å². The molecule has 0 aromatic heterocycles. The van der Waals surface area contributed by atoms with E-state index in [1.807, 2.05) is 38.1 Å². The lowest BCUT2D eigenvalue weighted by Crippen LogP contribution is -2.40. The second-order valence-corrected chi connectivity index (χ2v) is 7.18. The van der Waals surface area contributed by atoms with E-state index in [9.17, 15) is 9.59 Å². The molecule has 0 aliphatic carbocycles. The largest absolute Gasteiger partial charge is 0.494 e. The first-order valence-corrected chi connectivity index (χ1v) is 9.50. The van der Waals surface area contributed by atoms with Crippen LogP contribution >= 0.6 is 11.8 Å². The van der Waals surface area contributed by atoms with Gasteiger partial charge < -0.3 is 9.47 Å². The molecule has 1 amide bonds. The number of amides is 1. The van der Waals surface area contributed by atoms with Crippen LogP contribution < -0.4 is 4.74 Å². The Kier molecular flexibility index (Phi) is 5.36. The quantitative estimate of drug-likeness (QED) is 0.740. The third-order valence-corrected chi connectivity index (χ3v) is 5.75. The SMILES string of the molecule is CCOc1ccc(C2C(C(=O)OC)=C(C)N=C3SC(CC)C(=O)N32)cc1. The van der Waals surface area contributed by atoms with Crippen molar-refractivity contribution in [1.29, 1.82) is 0 Å². The minimum absolute atomic E-state index is 0.0240. The summed E-state index contributed by atoms with van der Waals surface area (Å²) in [6, 6.07) is 6.92. The standard InChI is InChI=1S/C19H22N2O4S/c1-5-14-17(22)21-16(12-7-9-13(10-8-12)25-6-2)15(18(23)24-4)11(3)20-19(21)26-14/h7-10,14,16H,5-6H2,1-4H3. The Morgan fingerprint density at radius 3 is 2.54 bits per heavy atom. The fourth-order valence-corrected chi connectivity index (χ4v) is 4.32. The van der Waals surface area contributed by atoms with Crippen molar-refractivity contribution in [2.24, 2.45) is 4.99 Å². The summed E-state index contributed by atoms with van der Waals surface area (Å²) in [5.74, 6) is 0.251. The summed E-state index contributed by atoms with van der Waals surface area (Å²) >= 11 is 1.45. The van der Waals surface area contributed by atoms with Gasteiger partial charge in [0, 0.05) is 0 Å².